The molecule has 1 atom stereocenters. The molecule has 25 heavy (non-hydrogen) atoms. The summed E-state index contributed by atoms with van der Waals surface area (Å²) in [5.74, 6) is 0.603. The number of fused-ring (bicyclic) bond motifs is 2. The number of thioether (sulfide) groups is 1. The predicted molar refractivity (Wildman–Crippen MR) is 104 cm³/mol. The molecule has 0 aliphatic carbocycles. The third-order valence-corrected chi connectivity index (χ3v) is 4.35. The van der Waals surface area contributed by atoms with E-state index in [1.54, 1.807) is 54.2 Å². The average molecular weight is 380 g/mol. The average Bonchev–Trinajstić information content (AvgIpc) is 2.59. The third-order valence-electron chi connectivity index (χ3n) is 3.70. The monoisotopic (exact) mass is 379 g/mol. The maximum Gasteiger partial charge on any atom is 0.328 e. The number of esters is 1. The van der Waals surface area contributed by atoms with Crippen molar-refractivity contribution in [3.05, 3.63) is 52.7 Å². The van der Waals surface area contributed by atoms with Gasteiger partial charge in [0, 0.05) is 6.07 Å². The minimum absolute atomic E-state index is 0. The van der Waals surface area contributed by atoms with E-state index in [1.807, 2.05) is 6.26 Å². The summed E-state index contributed by atoms with van der Waals surface area (Å²) in [6.45, 7) is 0. The summed E-state index contributed by atoms with van der Waals surface area (Å²) in [4.78, 5) is 24.4. The van der Waals surface area contributed by atoms with Gasteiger partial charge in [0.2, 0.25) is 5.43 Å². The number of carbonyl (C=O) groups is 1. The number of ether oxygens (including phenoxy) is 1. The molecule has 5 nitrogen and oxygen atoms in total. The summed E-state index contributed by atoms with van der Waals surface area (Å²) in [6.07, 6.45) is 2.50. The first-order valence-corrected chi connectivity index (χ1v) is 8.91. The quantitative estimate of drug-likeness (QED) is 0.416. The van der Waals surface area contributed by atoms with Gasteiger partial charge in [-0.3, -0.25) is 4.79 Å². The maximum atomic E-state index is 12.5. The smallest absolute Gasteiger partial charge is 0.328 e. The van der Waals surface area contributed by atoms with Crippen LogP contribution < -0.4 is 15.9 Å². The zero-order chi connectivity index (χ0) is 17.1. The van der Waals surface area contributed by atoms with Crippen LogP contribution >= 0.6 is 24.2 Å². The Bertz CT molecular complexity index is 957. The topological polar surface area (TPSA) is 82.5 Å². The van der Waals surface area contributed by atoms with Crippen LogP contribution in [0.3, 0.4) is 0 Å². The van der Waals surface area contributed by atoms with E-state index in [9.17, 15) is 9.59 Å². The molecule has 0 spiro atoms. The van der Waals surface area contributed by atoms with Gasteiger partial charge in [-0.05, 0) is 42.7 Å². The highest BCUT2D eigenvalue weighted by atomic mass is 35.5. The maximum absolute atomic E-state index is 12.5. The first-order chi connectivity index (χ1) is 11.6. The number of hydrogen-bond acceptors (Lipinski definition) is 6. The second kappa shape index (κ2) is 8.38. The van der Waals surface area contributed by atoms with Crippen molar-refractivity contribution < 1.29 is 13.9 Å². The number of nitrogens with two attached hydrogens (primary N) is 1. The lowest BCUT2D eigenvalue weighted by atomic mass is 10.1. The van der Waals surface area contributed by atoms with Crippen molar-refractivity contribution in [1.82, 2.24) is 0 Å². The molecule has 0 radical (unpaired) electrons. The Morgan fingerprint density at radius 2 is 1.92 bits per heavy atom. The SMILES string of the molecule is CSCC[C@H](N)C(=O)Oc1ccc2c(=O)c3ccccc3oc2c1.Cl. The van der Waals surface area contributed by atoms with Gasteiger partial charge < -0.3 is 14.9 Å². The number of para-hydroxylation sites is 1. The fourth-order valence-corrected chi connectivity index (χ4v) is 2.89. The van der Waals surface area contributed by atoms with Gasteiger partial charge in [-0.15, -0.1) is 12.4 Å². The van der Waals surface area contributed by atoms with Crippen molar-refractivity contribution >= 4 is 52.1 Å². The Balaban J connectivity index is 0.00000225. The van der Waals surface area contributed by atoms with Crippen molar-refractivity contribution in [3.8, 4) is 5.75 Å². The van der Waals surface area contributed by atoms with Crippen LogP contribution in [0.4, 0.5) is 0 Å². The molecular weight excluding hydrogens is 362 g/mol. The van der Waals surface area contributed by atoms with Crippen LogP contribution in [0.5, 0.6) is 5.75 Å². The lowest BCUT2D eigenvalue weighted by Gasteiger charge is -2.11. The number of hydrogen-bond donors (Lipinski definition) is 1. The molecule has 0 unspecified atom stereocenters. The van der Waals surface area contributed by atoms with Crippen LogP contribution in [0.15, 0.2) is 51.7 Å². The van der Waals surface area contributed by atoms with Gasteiger partial charge in [-0.1, -0.05) is 12.1 Å². The molecule has 0 aliphatic rings. The largest absolute Gasteiger partial charge is 0.456 e. The Hall–Kier alpha value is -2.02. The zero-order valence-corrected chi connectivity index (χ0v) is 15.2. The van der Waals surface area contributed by atoms with Gasteiger partial charge in [0.25, 0.3) is 0 Å². The van der Waals surface area contributed by atoms with E-state index in [1.165, 1.54) is 0 Å². The Morgan fingerprint density at radius 3 is 2.68 bits per heavy atom. The van der Waals surface area contributed by atoms with Gasteiger partial charge in [0.1, 0.15) is 23.0 Å². The molecule has 3 aromatic rings. The molecule has 2 aromatic carbocycles. The van der Waals surface area contributed by atoms with Crippen LogP contribution in [-0.4, -0.2) is 24.0 Å². The second-order valence-electron chi connectivity index (χ2n) is 5.39. The zero-order valence-electron chi connectivity index (χ0n) is 13.6. The summed E-state index contributed by atoms with van der Waals surface area (Å²) < 4.78 is 11.0. The standard InChI is InChI=1S/C18H17NO4S.ClH/c1-24-9-8-14(19)18(21)22-11-6-7-13-16(10-11)23-15-5-3-2-4-12(15)17(13)20;/h2-7,10,14H,8-9,19H2,1H3;1H/t14-;/m0./s1. The molecule has 132 valence electrons. The Labute approximate surface area is 154 Å². The molecule has 0 saturated carbocycles. The first kappa shape index (κ1) is 19.3. The highest BCUT2D eigenvalue weighted by Crippen LogP contribution is 2.23. The van der Waals surface area contributed by atoms with Gasteiger partial charge in [0.15, 0.2) is 0 Å². The van der Waals surface area contributed by atoms with E-state index in [4.69, 9.17) is 14.9 Å². The molecule has 0 aliphatic heterocycles. The van der Waals surface area contributed by atoms with Crippen molar-refractivity contribution in [2.24, 2.45) is 5.73 Å². The molecule has 0 saturated heterocycles. The van der Waals surface area contributed by atoms with Crippen LogP contribution in [0, 0.1) is 0 Å². The number of carbonyl (C=O) groups excluding carboxylic acids is 1. The van der Waals surface area contributed by atoms with Crippen molar-refractivity contribution in [2.75, 3.05) is 12.0 Å². The van der Waals surface area contributed by atoms with E-state index in [0.29, 0.717) is 34.1 Å². The highest BCUT2D eigenvalue weighted by molar-refractivity contribution is 7.98. The first-order valence-electron chi connectivity index (χ1n) is 7.52. The van der Waals surface area contributed by atoms with Crippen LogP contribution in [-0.2, 0) is 4.79 Å². The molecule has 0 fully saturated rings. The van der Waals surface area contributed by atoms with Gasteiger partial charge in [-0.2, -0.15) is 11.8 Å². The molecule has 0 bridgehead atoms. The Kier molecular flexibility index (Phi) is 6.47. The second-order valence-corrected chi connectivity index (χ2v) is 6.38. The van der Waals surface area contributed by atoms with E-state index in [0.717, 1.165) is 5.75 Å². The molecule has 3 rings (SSSR count). The number of benzene rings is 2. The van der Waals surface area contributed by atoms with Gasteiger partial charge in [0.05, 0.1) is 10.8 Å². The third kappa shape index (κ3) is 4.15. The fraction of sp³-hybridized carbons (Fsp3) is 0.222. The molecular formula is C18H18ClNO4S. The number of rotatable bonds is 5. The highest BCUT2D eigenvalue weighted by Gasteiger charge is 2.16. The van der Waals surface area contributed by atoms with Crippen LogP contribution in [0.2, 0.25) is 0 Å². The normalized spacial score (nSPS) is 11.9. The summed E-state index contributed by atoms with van der Waals surface area (Å²) in [5, 5.41) is 0.967. The summed E-state index contributed by atoms with van der Waals surface area (Å²) in [7, 11) is 0. The molecule has 0 amide bonds. The predicted octanol–water partition coefficient (Wildman–Crippen LogP) is 3.35. The van der Waals surface area contributed by atoms with E-state index < -0.39 is 12.0 Å². The van der Waals surface area contributed by atoms with Gasteiger partial charge >= 0.3 is 5.97 Å². The van der Waals surface area contributed by atoms with E-state index >= 15 is 0 Å². The lowest BCUT2D eigenvalue weighted by molar-refractivity contribution is -0.135. The van der Waals surface area contributed by atoms with Crippen LogP contribution in [0.25, 0.3) is 21.9 Å². The minimum atomic E-state index is -0.670. The fourth-order valence-electron chi connectivity index (χ4n) is 2.40. The van der Waals surface area contributed by atoms with Crippen molar-refractivity contribution in [2.45, 2.75) is 12.5 Å². The molecule has 7 heteroatoms. The summed E-state index contributed by atoms with van der Waals surface area (Å²) in [6, 6.07) is 11.1. The molecule has 2 N–H and O–H groups in total. The van der Waals surface area contributed by atoms with Gasteiger partial charge in [-0.25, -0.2) is 4.79 Å². The molecule has 1 heterocycles. The van der Waals surface area contributed by atoms with Crippen molar-refractivity contribution in [1.29, 1.82) is 0 Å². The van der Waals surface area contributed by atoms with E-state index in [-0.39, 0.29) is 17.8 Å². The van der Waals surface area contributed by atoms with Crippen LogP contribution in [0.1, 0.15) is 6.42 Å². The summed E-state index contributed by atoms with van der Waals surface area (Å²) in [5.41, 5.74) is 6.56. The number of halogens is 1. The summed E-state index contributed by atoms with van der Waals surface area (Å²) >= 11 is 1.62. The van der Waals surface area contributed by atoms with Crippen molar-refractivity contribution in [3.63, 3.8) is 0 Å². The molecule has 1 aromatic heterocycles. The minimum Gasteiger partial charge on any atom is -0.456 e. The van der Waals surface area contributed by atoms with E-state index in [2.05, 4.69) is 0 Å². The Morgan fingerprint density at radius 1 is 1.20 bits per heavy atom. The lowest BCUT2D eigenvalue weighted by Crippen LogP contribution is -2.34.